The van der Waals surface area contributed by atoms with Crippen molar-refractivity contribution in [3.63, 3.8) is 0 Å². The Hall–Kier alpha value is -3.91. The van der Waals surface area contributed by atoms with Gasteiger partial charge in [0.1, 0.15) is 17.6 Å². The van der Waals surface area contributed by atoms with Gasteiger partial charge in [0.05, 0.1) is 38.6 Å². The number of allylic oxidation sites excluding steroid dienone is 1. The molecule has 0 saturated heterocycles. The number of alkyl halides is 18. The first-order valence-corrected chi connectivity index (χ1v) is 33.9. The molecule has 0 radical (unpaired) electrons. The Morgan fingerprint density at radius 3 is 1.28 bits per heavy atom. The molecule has 0 aliphatic rings. The van der Waals surface area contributed by atoms with Crippen LogP contribution in [0.3, 0.4) is 0 Å². The van der Waals surface area contributed by atoms with E-state index in [1.165, 1.54) is 24.3 Å². The van der Waals surface area contributed by atoms with Gasteiger partial charge in [0.15, 0.2) is 16.6 Å². The van der Waals surface area contributed by atoms with Gasteiger partial charge in [0.2, 0.25) is 0 Å². The summed E-state index contributed by atoms with van der Waals surface area (Å²) in [5.41, 5.74) is 0.862. The molecule has 0 fully saturated rings. The lowest BCUT2D eigenvalue weighted by Crippen LogP contribution is -2.60. The van der Waals surface area contributed by atoms with Crippen molar-refractivity contribution < 1.29 is 107 Å². The lowest BCUT2D eigenvalue weighted by atomic mass is 9.96. The predicted molar refractivity (Wildman–Crippen MR) is 300 cm³/mol. The highest BCUT2D eigenvalue weighted by Gasteiger charge is 2.82. The van der Waals surface area contributed by atoms with Crippen molar-refractivity contribution in [1.29, 1.82) is 0 Å². The molecule has 0 aromatic heterocycles. The maximum Gasteiger partial charge on any atom is 0.460 e. The summed E-state index contributed by atoms with van der Waals surface area (Å²) in [5.74, 6) is -31.6. The van der Waals surface area contributed by atoms with E-state index in [1.54, 1.807) is 24.3 Å². The van der Waals surface area contributed by atoms with Crippen LogP contribution in [0.15, 0.2) is 72.8 Å². The second kappa shape index (κ2) is 33.2. The van der Waals surface area contributed by atoms with Gasteiger partial charge in [-0.3, -0.25) is 0 Å². The number of benzene rings is 2. The molecule has 86 heavy (non-hydrogen) atoms. The van der Waals surface area contributed by atoms with Crippen molar-refractivity contribution in [1.82, 2.24) is 0 Å². The van der Waals surface area contributed by atoms with Gasteiger partial charge in [-0.1, -0.05) is 116 Å². The smallest absolute Gasteiger partial charge is 0.460 e. The molecule has 0 heterocycles. The minimum Gasteiger partial charge on any atom is -0.494 e. The first-order valence-electron chi connectivity index (χ1n) is 28.9. The zero-order chi connectivity index (χ0) is 65.7. The van der Waals surface area contributed by atoms with Gasteiger partial charge < -0.3 is 27.8 Å². The maximum atomic E-state index is 13.9. The molecule has 2 rings (SSSR count). The van der Waals surface area contributed by atoms with E-state index in [2.05, 4.69) is 91.5 Å². The number of halogens is 18. The lowest BCUT2D eigenvalue weighted by molar-refractivity contribution is -0.396. The summed E-state index contributed by atoms with van der Waals surface area (Å²) in [6, 6.07) is 17.7. The van der Waals surface area contributed by atoms with E-state index in [1.807, 2.05) is 13.8 Å². The Balaban J connectivity index is 2.04. The van der Waals surface area contributed by atoms with E-state index < -0.39 is 109 Å². The molecule has 2 aromatic rings. The number of rotatable bonds is 40. The van der Waals surface area contributed by atoms with E-state index in [4.69, 9.17) is 27.8 Å². The van der Waals surface area contributed by atoms with E-state index in [0.717, 1.165) is 36.3 Å². The summed E-state index contributed by atoms with van der Waals surface area (Å²) in [4.78, 5) is 0. The summed E-state index contributed by atoms with van der Waals surface area (Å²) in [5, 5.41) is 0. The normalized spacial score (nSPS) is 16.0. The van der Waals surface area contributed by atoms with E-state index in [9.17, 15) is 79.0 Å². The Morgan fingerprint density at radius 1 is 0.488 bits per heavy atom. The van der Waals surface area contributed by atoms with Gasteiger partial charge in [-0.2, -0.15) is 79.0 Å². The van der Waals surface area contributed by atoms with Crippen LogP contribution in [-0.2, 0) is 31.5 Å². The topological polar surface area (TPSA) is 55.4 Å². The zero-order valence-electron chi connectivity index (χ0n) is 50.4. The Morgan fingerprint density at radius 2 is 0.884 bits per heavy atom. The molecule has 0 saturated carbocycles. The van der Waals surface area contributed by atoms with Crippen molar-refractivity contribution in [2.24, 2.45) is 17.8 Å². The highest BCUT2D eigenvalue weighted by Crippen LogP contribution is 2.56. The molecule has 0 spiro atoms. The summed E-state index contributed by atoms with van der Waals surface area (Å²) < 4.78 is 273. The van der Waals surface area contributed by atoms with Crippen LogP contribution in [0.5, 0.6) is 11.5 Å². The van der Waals surface area contributed by atoms with Crippen LogP contribution >= 0.6 is 0 Å². The molecule has 0 amide bonds. The number of hydrogen-bond acceptors (Lipinski definition) is 6. The molecule has 2 aromatic carbocycles. The highest BCUT2D eigenvalue weighted by molar-refractivity contribution is 6.74. The van der Waals surface area contributed by atoms with Crippen molar-refractivity contribution in [2.75, 3.05) is 26.4 Å². The number of hydrogen-bond donors (Lipinski definition) is 0. The molecule has 6 nitrogen and oxygen atoms in total. The Bertz CT molecular complexity index is 2380. The third kappa shape index (κ3) is 21.9. The fourth-order valence-electron chi connectivity index (χ4n) is 9.04. The maximum absolute atomic E-state index is 13.9. The zero-order valence-corrected chi connectivity index (χ0v) is 52.4. The van der Waals surface area contributed by atoms with Gasteiger partial charge in [-0.05, 0) is 129 Å². The summed E-state index contributed by atoms with van der Waals surface area (Å²) in [6.07, 6.45) is -9.83. The molecule has 0 bridgehead atoms. The molecule has 26 heteroatoms. The Kier molecular flexibility index (Phi) is 30.2. The largest absolute Gasteiger partial charge is 0.494 e. The molecule has 5 atom stereocenters. The molecule has 1 unspecified atom stereocenters. The lowest BCUT2D eigenvalue weighted by Gasteiger charge is -2.40. The van der Waals surface area contributed by atoms with Crippen LogP contribution in [0.25, 0.3) is 0 Å². The molecule has 0 aliphatic carbocycles. The molecular weight excluding hydrogens is 1210 g/mol. The monoisotopic (exact) mass is 1300 g/mol. The van der Waals surface area contributed by atoms with Crippen LogP contribution < -0.4 is 9.47 Å². The van der Waals surface area contributed by atoms with Crippen LogP contribution in [0.1, 0.15) is 125 Å². The fraction of sp³-hybridized carbons (Fsp3) is 0.700. The van der Waals surface area contributed by atoms with E-state index in [0.29, 0.717) is 43.6 Å². The van der Waals surface area contributed by atoms with Crippen LogP contribution in [0, 0.1) is 29.6 Å². The quantitative estimate of drug-likeness (QED) is 0.0218. The van der Waals surface area contributed by atoms with Crippen molar-refractivity contribution >= 4 is 16.6 Å². The van der Waals surface area contributed by atoms with Gasteiger partial charge >= 0.3 is 47.9 Å². The third-order valence-corrected chi connectivity index (χ3v) is 24.8. The minimum atomic E-state index is -6.94. The minimum absolute atomic E-state index is 0.0102. The van der Waals surface area contributed by atoms with Crippen molar-refractivity contribution in [2.45, 2.75) is 223 Å². The second-order valence-electron chi connectivity index (χ2n) is 22.1. The van der Waals surface area contributed by atoms with Gasteiger partial charge in [-0.25, -0.2) is 0 Å². The van der Waals surface area contributed by atoms with Crippen LogP contribution in [0.2, 0.25) is 36.3 Å². The molecular formula is C60H84F18O6Si2. The first-order chi connectivity index (χ1) is 39.7. The van der Waals surface area contributed by atoms with Crippen LogP contribution in [0.4, 0.5) is 79.0 Å². The van der Waals surface area contributed by atoms with E-state index in [-0.39, 0.29) is 48.6 Å². The molecule has 494 valence electrons. The van der Waals surface area contributed by atoms with Crippen molar-refractivity contribution in [3.8, 4) is 23.3 Å². The number of ether oxygens (including phenoxy) is 4. The first kappa shape index (κ1) is 78.2. The standard InChI is InChI=1S/C60H84F18O6Si2/c1-11-85(12-2,13-3)83-51(46(9)33-40-79-42-47-24-28-49(29-25-47)81-38-19-36-53(61,62)55(65,66)57(69,70)59(73,74)75)32-23-44(7)21-17-34-52(10,84-86(14-4,15-5)16-6)35-18-22-45(8)41-80-43-48-26-30-50(31-27-48)82-39-20-37-54(63,64)56(67,68)58(71,72)60(76,77)78/h17-18,21-22,24-31,44-46,51H,11-16,19-20,33-43H2,1-10H3/b21-17+,22-18+/t44-,45-,46-,51?,52-/m1/s1. The average molecular weight is 1300 g/mol. The van der Waals surface area contributed by atoms with Crippen molar-refractivity contribution in [3.05, 3.63) is 84.0 Å². The predicted octanol–water partition coefficient (Wildman–Crippen LogP) is 20.0. The van der Waals surface area contributed by atoms with Crippen LogP contribution in [-0.4, -0.2) is 103 Å². The van der Waals surface area contributed by atoms with Gasteiger partial charge in [-0.15, -0.1) is 0 Å². The highest BCUT2D eigenvalue weighted by atomic mass is 28.4. The fourth-order valence-corrected chi connectivity index (χ4v) is 15.0. The van der Waals surface area contributed by atoms with Gasteiger partial charge in [0, 0.05) is 25.4 Å². The molecule has 0 N–H and O–H groups in total. The third-order valence-electron chi connectivity index (χ3n) is 15.4. The second-order valence-corrected chi connectivity index (χ2v) is 31.5. The van der Waals surface area contributed by atoms with Gasteiger partial charge in [0.25, 0.3) is 0 Å². The Labute approximate surface area is 496 Å². The van der Waals surface area contributed by atoms with E-state index >= 15 is 0 Å². The summed E-state index contributed by atoms with van der Waals surface area (Å²) in [7, 11) is -4.22. The summed E-state index contributed by atoms with van der Waals surface area (Å²) in [6.45, 7) is 20.8. The SMILES string of the molecule is CC[Si](CC)(CC)OC(C#C[C@H](C)/C=C/C[C@](C)(C/C=C/[C@@H](C)COCc1ccc(OCCCC(F)(F)C(F)(F)C(F)(F)C(F)(F)F)cc1)O[Si](CC)(CC)CC)[C@H](C)CCOCc1ccc(OCCCC(F)(F)C(F)(F)C(F)(F)C(F)(F)F)cc1. The summed E-state index contributed by atoms with van der Waals surface area (Å²) >= 11 is 0. The average Bonchev–Trinajstić information content (AvgIpc) is 0.852. The molecule has 0 aliphatic heterocycles.